The van der Waals surface area contributed by atoms with Crippen LogP contribution in [0.25, 0.3) is 0 Å². The van der Waals surface area contributed by atoms with E-state index in [1.54, 1.807) is 13.3 Å². The van der Waals surface area contributed by atoms with E-state index in [9.17, 15) is 0 Å². The fourth-order valence-corrected chi connectivity index (χ4v) is 0.876. The zero-order chi connectivity index (χ0) is 8.97. The number of rotatable bonds is 3. The molecule has 66 valence electrons. The standard InChI is InChI=1S/C8H13N3O/c1-4-9-8-10-5-6(2)7(11-8)12-3/h5H,4H2,1-3H3,(H,9,10,11). The zero-order valence-electron chi connectivity index (χ0n) is 7.59. The summed E-state index contributed by atoms with van der Waals surface area (Å²) in [6.07, 6.45) is 1.74. The number of methoxy groups -OCH3 is 1. The first-order valence-electron chi connectivity index (χ1n) is 3.89. The number of anilines is 1. The second kappa shape index (κ2) is 3.90. The summed E-state index contributed by atoms with van der Waals surface area (Å²) in [6.45, 7) is 4.72. The largest absolute Gasteiger partial charge is 0.481 e. The molecule has 0 unspecified atom stereocenters. The van der Waals surface area contributed by atoms with Gasteiger partial charge in [-0.2, -0.15) is 4.98 Å². The molecule has 0 aromatic carbocycles. The maximum absolute atomic E-state index is 5.04. The summed E-state index contributed by atoms with van der Waals surface area (Å²) >= 11 is 0. The van der Waals surface area contributed by atoms with E-state index >= 15 is 0 Å². The van der Waals surface area contributed by atoms with Gasteiger partial charge in [0.25, 0.3) is 0 Å². The van der Waals surface area contributed by atoms with Crippen LogP contribution in [0.4, 0.5) is 5.95 Å². The monoisotopic (exact) mass is 167 g/mol. The maximum atomic E-state index is 5.04. The molecule has 4 nitrogen and oxygen atoms in total. The van der Waals surface area contributed by atoms with E-state index in [4.69, 9.17) is 4.74 Å². The fraction of sp³-hybridized carbons (Fsp3) is 0.500. The number of aryl methyl sites for hydroxylation is 1. The Labute approximate surface area is 72.0 Å². The topological polar surface area (TPSA) is 47.0 Å². The van der Waals surface area contributed by atoms with Gasteiger partial charge in [0.05, 0.1) is 7.11 Å². The summed E-state index contributed by atoms with van der Waals surface area (Å²) in [5, 5.41) is 3.01. The molecule has 1 rings (SSSR count). The van der Waals surface area contributed by atoms with Gasteiger partial charge in [0, 0.05) is 18.3 Å². The molecule has 0 aliphatic rings. The number of nitrogens with zero attached hydrogens (tertiary/aromatic N) is 2. The lowest BCUT2D eigenvalue weighted by atomic mass is 10.4. The van der Waals surface area contributed by atoms with Gasteiger partial charge in [-0.25, -0.2) is 4.98 Å². The summed E-state index contributed by atoms with van der Waals surface area (Å²) in [7, 11) is 1.60. The predicted octanol–water partition coefficient (Wildman–Crippen LogP) is 1.23. The van der Waals surface area contributed by atoms with Gasteiger partial charge in [0.1, 0.15) is 0 Å². The molecule has 1 aromatic heterocycles. The van der Waals surface area contributed by atoms with Crippen LogP contribution in [-0.4, -0.2) is 23.6 Å². The summed E-state index contributed by atoms with van der Waals surface area (Å²) in [5.41, 5.74) is 0.944. The highest BCUT2D eigenvalue weighted by atomic mass is 16.5. The molecule has 0 aliphatic heterocycles. The van der Waals surface area contributed by atoms with Crippen molar-refractivity contribution in [3.8, 4) is 5.88 Å². The molecule has 0 bridgehead atoms. The second-order valence-electron chi connectivity index (χ2n) is 2.42. The number of hydrogen-bond acceptors (Lipinski definition) is 4. The molecule has 0 aliphatic carbocycles. The van der Waals surface area contributed by atoms with Gasteiger partial charge < -0.3 is 10.1 Å². The van der Waals surface area contributed by atoms with Crippen LogP contribution in [-0.2, 0) is 0 Å². The third-order valence-corrected chi connectivity index (χ3v) is 1.45. The SMILES string of the molecule is CCNc1ncc(C)c(OC)n1. The van der Waals surface area contributed by atoms with E-state index in [1.165, 1.54) is 0 Å². The van der Waals surface area contributed by atoms with Crippen LogP contribution in [0.5, 0.6) is 5.88 Å². The third-order valence-electron chi connectivity index (χ3n) is 1.45. The Kier molecular flexibility index (Phi) is 2.85. The first-order valence-corrected chi connectivity index (χ1v) is 3.89. The lowest BCUT2D eigenvalue weighted by Gasteiger charge is -2.05. The first-order chi connectivity index (χ1) is 5.77. The first kappa shape index (κ1) is 8.77. The van der Waals surface area contributed by atoms with Crippen LogP contribution < -0.4 is 10.1 Å². The molecule has 0 saturated heterocycles. The molecule has 1 heterocycles. The molecular formula is C8H13N3O. The van der Waals surface area contributed by atoms with E-state index in [-0.39, 0.29) is 0 Å². The van der Waals surface area contributed by atoms with E-state index in [2.05, 4.69) is 15.3 Å². The van der Waals surface area contributed by atoms with E-state index in [0.717, 1.165) is 12.1 Å². The smallest absolute Gasteiger partial charge is 0.225 e. The normalized spacial score (nSPS) is 9.58. The average Bonchev–Trinajstić information content (AvgIpc) is 2.09. The predicted molar refractivity (Wildman–Crippen MR) is 47.5 cm³/mol. The van der Waals surface area contributed by atoms with Crippen LogP contribution in [0.1, 0.15) is 12.5 Å². The van der Waals surface area contributed by atoms with Crippen molar-refractivity contribution in [1.82, 2.24) is 9.97 Å². The summed E-state index contributed by atoms with van der Waals surface area (Å²) in [5.74, 6) is 1.24. The molecule has 0 fully saturated rings. The Balaban J connectivity index is 2.89. The lowest BCUT2D eigenvalue weighted by molar-refractivity contribution is 0.394. The average molecular weight is 167 g/mol. The highest BCUT2D eigenvalue weighted by Crippen LogP contribution is 2.13. The van der Waals surface area contributed by atoms with Gasteiger partial charge in [0.15, 0.2) is 0 Å². The van der Waals surface area contributed by atoms with Crippen molar-refractivity contribution in [3.63, 3.8) is 0 Å². The van der Waals surface area contributed by atoms with E-state index in [0.29, 0.717) is 11.8 Å². The van der Waals surface area contributed by atoms with Gasteiger partial charge >= 0.3 is 0 Å². The quantitative estimate of drug-likeness (QED) is 0.735. The molecular weight excluding hydrogens is 154 g/mol. The van der Waals surface area contributed by atoms with Crippen molar-refractivity contribution in [2.75, 3.05) is 19.0 Å². The molecule has 0 amide bonds. The Morgan fingerprint density at radius 2 is 2.33 bits per heavy atom. The van der Waals surface area contributed by atoms with E-state index in [1.807, 2.05) is 13.8 Å². The molecule has 0 radical (unpaired) electrons. The number of hydrogen-bond donors (Lipinski definition) is 1. The Morgan fingerprint density at radius 3 is 2.92 bits per heavy atom. The van der Waals surface area contributed by atoms with E-state index < -0.39 is 0 Å². The molecule has 1 N–H and O–H groups in total. The zero-order valence-corrected chi connectivity index (χ0v) is 7.59. The summed E-state index contributed by atoms with van der Waals surface area (Å²) < 4.78 is 5.04. The minimum Gasteiger partial charge on any atom is -0.481 e. The molecule has 1 aromatic rings. The van der Waals surface area contributed by atoms with Crippen molar-refractivity contribution >= 4 is 5.95 Å². The Morgan fingerprint density at radius 1 is 1.58 bits per heavy atom. The van der Waals surface area contributed by atoms with Gasteiger partial charge in [0.2, 0.25) is 11.8 Å². The van der Waals surface area contributed by atoms with Gasteiger partial charge in [-0.1, -0.05) is 0 Å². The van der Waals surface area contributed by atoms with Crippen LogP contribution in [0.15, 0.2) is 6.20 Å². The van der Waals surface area contributed by atoms with Gasteiger partial charge in [-0.05, 0) is 13.8 Å². The fourth-order valence-electron chi connectivity index (χ4n) is 0.876. The maximum Gasteiger partial charge on any atom is 0.225 e. The van der Waals surface area contributed by atoms with Crippen LogP contribution in [0, 0.1) is 6.92 Å². The Hall–Kier alpha value is -1.32. The minimum absolute atomic E-state index is 0.611. The second-order valence-corrected chi connectivity index (χ2v) is 2.42. The number of nitrogens with one attached hydrogen (secondary N) is 1. The van der Waals surface area contributed by atoms with Crippen molar-refractivity contribution in [3.05, 3.63) is 11.8 Å². The van der Waals surface area contributed by atoms with Crippen molar-refractivity contribution in [2.24, 2.45) is 0 Å². The highest BCUT2D eigenvalue weighted by molar-refractivity contribution is 5.32. The molecule has 0 atom stereocenters. The highest BCUT2D eigenvalue weighted by Gasteiger charge is 2.01. The van der Waals surface area contributed by atoms with Gasteiger partial charge in [-0.3, -0.25) is 0 Å². The van der Waals surface area contributed by atoms with Crippen LogP contribution in [0.3, 0.4) is 0 Å². The lowest BCUT2D eigenvalue weighted by Crippen LogP contribution is -2.03. The Bertz CT molecular complexity index is 262. The molecule has 0 saturated carbocycles. The van der Waals surface area contributed by atoms with Crippen molar-refractivity contribution < 1.29 is 4.74 Å². The summed E-state index contributed by atoms with van der Waals surface area (Å²) in [6, 6.07) is 0. The minimum atomic E-state index is 0.611. The van der Waals surface area contributed by atoms with Crippen molar-refractivity contribution in [2.45, 2.75) is 13.8 Å². The molecule has 0 spiro atoms. The third kappa shape index (κ3) is 1.84. The molecule has 12 heavy (non-hydrogen) atoms. The number of aromatic nitrogens is 2. The van der Waals surface area contributed by atoms with Crippen LogP contribution >= 0.6 is 0 Å². The number of ether oxygens (including phenoxy) is 1. The molecule has 4 heteroatoms. The van der Waals surface area contributed by atoms with Crippen molar-refractivity contribution in [1.29, 1.82) is 0 Å². The van der Waals surface area contributed by atoms with Crippen LogP contribution in [0.2, 0.25) is 0 Å². The summed E-state index contributed by atoms with van der Waals surface area (Å²) in [4.78, 5) is 8.21. The van der Waals surface area contributed by atoms with Gasteiger partial charge in [-0.15, -0.1) is 0 Å².